The summed E-state index contributed by atoms with van der Waals surface area (Å²) in [5.41, 5.74) is 1.54. The zero-order valence-electron chi connectivity index (χ0n) is 14.2. The lowest BCUT2D eigenvalue weighted by Crippen LogP contribution is -2.23. The van der Waals surface area contributed by atoms with E-state index in [2.05, 4.69) is 47.9 Å². The molecule has 0 unspecified atom stereocenters. The van der Waals surface area contributed by atoms with Crippen LogP contribution in [0.1, 0.15) is 44.3 Å². The van der Waals surface area contributed by atoms with Crippen LogP contribution in [0.15, 0.2) is 23.7 Å². The molecule has 2 aromatic rings. The SMILES string of the molecule is CCN(CC)c1ccc(NC(=O)Cc2csc(C(C)C)n2)cn1. The van der Waals surface area contributed by atoms with E-state index in [0.717, 1.165) is 29.6 Å². The van der Waals surface area contributed by atoms with Gasteiger partial charge in [-0.2, -0.15) is 0 Å². The maximum Gasteiger partial charge on any atom is 0.230 e. The van der Waals surface area contributed by atoms with Gasteiger partial charge in [0.2, 0.25) is 5.91 Å². The second-order valence-corrected chi connectivity index (χ2v) is 6.52. The summed E-state index contributed by atoms with van der Waals surface area (Å²) < 4.78 is 0. The van der Waals surface area contributed by atoms with Gasteiger partial charge in [0.1, 0.15) is 5.82 Å². The lowest BCUT2D eigenvalue weighted by Gasteiger charge is -2.19. The molecule has 1 amide bonds. The van der Waals surface area contributed by atoms with E-state index in [-0.39, 0.29) is 5.91 Å². The molecule has 0 atom stereocenters. The second-order valence-electron chi connectivity index (χ2n) is 5.63. The number of carbonyl (C=O) groups excluding carboxylic acids is 1. The van der Waals surface area contributed by atoms with Crippen LogP contribution in [0.25, 0.3) is 0 Å². The molecule has 0 aliphatic rings. The summed E-state index contributed by atoms with van der Waals surface area (Å²) in [6.45, 7) is 10.2. The fourth-order valence-corrected chi connectivity index (χ4v) is 3.07. The molecule has 1 N–H and O–H groups in total. The monoisotopic (exact) mass is 332 g/mol. The molecule has 0 aliphatic carbocycles. The first-order valence-electron chi connectivity index (χ1n) is 7.98. The van der Waals surface area contributed by atoms with Gasteiger partial charge in [-0.1, -0.05) is 13.8 Å². The molecule has 2 heterocycles. The van der Waals surface area contributed by atoms with Crippen molar-refractivity contribution in [2.75, 3.05) is 23.3 Å². The first-order valence-corrected chi connectivity index (χ1v) is 8.86. The molecule has 0 aliphatic heterocycles. The van der Waals surface area contributed by atoms with E-state index in [4.69, 9.17) is 0 Å². The van der Waals surface area contributed by atoms with Gasteiger partial charge in [0.25, 0.3) is 0 Å². The number of hydrogen-bond acceptors (Lipinski definition) is 5. The minimum absolute atomic E-state index is 0.0667. The number of carbonyl (C=O) groups is 1. The first-order chi connectivity index (χ1) is 11.0. The Morgan fingerprint density at radius 3 is 2.57 bits per heavy atom. The van der Waals surface area contributed by atoms with Crippen LogP contribution < -0.4 is 10.2 Å². The van der Waals surface area contributed by atoms with Gasteiger partial charge in [-0.05, 0) is 26.0 Å². The van der Waals surface area contributed by atoms with E-state index in [1.165, 1.54) is 0 Å². The zero-order valence-corrected chi connectivity index (χ0v) is 15.0. The van der Waals surface area contributed by atoms with Gasteiger partial charge in [-0.3, -0.25) is 4.79 Å². The van der Waals surface area contributed by atoms with Crippen molar-refractivity contribution in [1.29, 1.82) is 0 Å². The zero-order chi connectivity index (χ0) is 16.8. The topological polar surface area (TPSA) is 58.1 Å². The number of nitrogens with one attached hydrogen (secondary N) is 1. The Kier molecular flexibility index (Phi) is 6.10. The van der Waals surface area contributed by atoms with Gasteiger partial charge in [-0.15, -0.1) is 11.3 Å². The number of thiazole rings is 1. The van der Waals surface area contributed by atoms with Gasteiger partial charge < -0.3 is 10.2 Å². The molecule has 0 saturated heterocycles. The third-order valence-corrected chi connectivity index (χ3v) is 4.72. The van der Waals surface area contributed by atoms with E-state index in [1.807, 2.05) is 17.5 Å². The largest absolute Gasteiger partial charge is 0.357 e. The number of pyridine rings is 1. The first kappa shape index (κ1) is 17.4. The Bertz CT molecular complexity index is 632. The summed E-state index contributed by atoms with van der Waals surface area (Å²) in [4.78, 5) is 23.2. The van der Waals surface area contributed by atoms with Crippen molar-refractivity contribution in [3.63, 3.8) is 0 Å². The van der Waals surface area contributed by atoms with Crippen molar-refractivity contribution < 1.29 is 4.79 Å². The van der Waals surface area contributed by atoms with Crippen LogP contribution in [0.5, 0.6) is 0 Å². The summed E-state index contributed by atoms with van der Waals surface area (Å²) in [5, 5.41) is 5.90. The molecular formula is C17H24N4OS. The Morgan fingerprint density at radius 2 is 2.04 bits per heavy atom. The van der Waals surface area contributed by atoms with Gasteiger partial charge in [0.05, 0.1) is 29.0 Å². The van der Waals surface area contributed by atoms with Gasteiger partial charge in [-0.25, -0.2) is 9.97 Å². The molecule has 0 fully saturated rings. The van der Waals surface area contributed by atoms with E-state index in [0.29, 0.717) is 18.0 Å². The highest BCUT2D eigenvalue weighted by Gasteiger charge is 2.10. The highest BCUT2D eigenvalue weighted by molar-refractivity contribution is 7.09. The molecule has 0 aromatic carbocycles. The molecule has 0 spiro atoms. The fraction of sp³-hybridized carbons (Fsp3) is 0.471. The average molecular weight is 332 g/mol. The van der Waals surface area contributed by atoms with Crippen LogP contribution in [0.3, 0.4) is 0 Å². The van der Waals surface area contributed by atoms with Crippen molar-refractivity contribution in [2.45, 2.75) is 40.0 Å². The number of amides is 1. The van der Waals surface area contributed by atoms with E-state index < -0.39 is 0 Å². The summed E-state index contributed by atoms with van der Waals surface area (Å²) in [5.74, 6) is 1.26. The van der Waals surface area contributed by atoms with E-state index in [9.17, 15) is 4.79 Å². The lowest BCUT2D eigenvalue weighted by molar-refractivity contribution is -0.115. The summed E-state index contributed by atoms with van der Waals surface area (Å²) in [6.07, 6.45) is 1.99. The summed E-state index contributed by atoms with van der Waals surface area (Å²) >= 11 is 1.61. The molecule has 6 heteroatoms. The van der Waals surface area contributed by atoms with Crippen LogP contribution in [0.4, 0.5) is 11.5 Å². The minimum atomic E-state index is -0.0667. The molecule has 23 heavy (non-hydrogen) atoms. The number of hydrogen-bond donors (Lipinski definition) is 1. The number of aromatic nitrogens is 2. The second kappa shape index (κ2) is 8.06. The number of rotatable bonds is 7. The van der Waals surface area contributed by atoms with Crippen molar-refractivity contribution >= 4 is 28.7 Å². The minimum Gasteiger partial charge on any atom is -0.357 e. The molecule has 2 aromatic heterocycles. The van der Waals surface area contributed by atoms with Crippen LogP contribution in [-0.2, 0) is 11.2 Å². The highest BCUT2D eigenvalue weighted by Crippen LogP contribution is 2.20. The van der Waals surface area contributed by atoms with Gasteiger partial charge in [0, 0.05) is 24.4 Å². The molecular weight excluding hydrogens is 308 g/mol. The lowest BCUT2D eigenvalue weighted by atomic mass is 10.2. The Hall–Kier alpha value is -1.95. The molecule has 0 radical (unpaired) electrons. The van der Waals surface area contributed by atoms with Crippen LogP contribution >= 0.6 is 11.3 Å². The molecule has 2 rings (SSSR count). The standard InChI is InChI=1S/C17H24N4OS/c1-5-21(6-2)15-8-7-13(10-18-15)19-16(22)9-14-11-23-17(20-14)12(3)4/h7-8,10-12H,5-6,9H2,1-4H3,(H,19,22). The maximum absolute atomic E-state index is 12.1. The normalized spacial score (nSPS) is 10.8. The van der Waals surface area contributed by atoms with Crippen LogP contribution in [0, 0.1) is 0 Å². The maximum atomic E-state index is 12.1. The van der Waals surface area contributed by atoms with E-state index >= 15 is 0 Å². The average Bonchev–Trinajstić information content (AvgIpc) is 2.99. The quantitative estimate of drug-likeness (QED) is 0.840. The van der Waals surface area contributed by atoms with Crippen molar-refractivity contribution in [3.8, 4) is 0 Å². The third kappa shape index (κ3) is 4.76. The highest BCUT2D eigenvalue weighted by atomic mass is 32.1. The Balaban J connectivity index is 1.94. The predicted octanol–water partition coefficient (Wildman–Crippen LogP) is 3.69. The van der Waals surface area contributed by atoms with E-state index in [1.54, 1.807) is 17.5 Å². The Labute approximate surface area is 141 Å². The van der Waals surface area contributed by atoms with Crippen molar-refractivity contribution in [2.24, 2.45) is 0 Å². The smallest absolute Gasteiger partial charge is 0.230 e. The van der Waals surface area contributed by atoms with Crippen LogP contribution in [0.2, 0.25) is 0 Å². The summed E-state index contributed by atoms with van der Waals surface area (Å²) in [6, 6.07) is 3.82. The van der Waals surface area contributed by atoms with Crippen molar-refractivity contribution in [1.82, 2.24) is 9.97 Å². The fourth-order valence-electron chi connectivity index (χ4n) is 2.23. The molecule has 0 bridgehead atoms. The third-order valence-electron chi connectivity index (χ3n) is 3.52. The predicted molar refractivity (Wildman–Crippen MR) is 96.3 cm³/mol. The molecule has 5 nitrogen and oxygen atoms in total. The molecule has 0 saturated carbocycles. The van der Waals surface area contributed by atoms with Crippen LogP contribution in [-0.4, -0.2) is 29.0 Å². The van der Waals surface area contributed by atoms with Gasteiger partial charge in [0.15, 0.2) is 0 Å². The van der Waals surface area contributed by atoms with Crippen molar-refractivity contribution in [3.05, 3.63) is 34.4 Å². The van der Waals surface area contributed by atoms with Gasteiger partial charge >= 0.3 is 0 Å². The number of nitrogens with zero attached hydrogens (tertiary/aromatic N) is 3. The summed E-state index contributed by atoms with van der Waals surface area (Å²) in [7, 11) is 0. The Morgan fingerprint density at radius 1 is 1.30 bits per heavy atom. The number of anilines is 2. The molecule has 124 valence electrons.